The molecule has 0 aliphatic heterocycles. The smallest absolute Gasteiger partial charge is 0.171 e. The van der Waals surface area contributed by atoms with Gasteiger partial charge in [0.2, 0.25) is 0 Å². The molecule has 0 aliphatic carbocycles. The fraction of sp³-hybridized carbons (Fsp3) is 0.381. The fourth-order valence-electron chi connectivity index (χ4n) is 3.03. The van der Waals surface area contributed by atoms with Gasteiger partial charge >= 0.3 is 0 Å². The molecular formula is C21H28N2S. The number of hydrogen-bond donors (Lipinski definition) is 2. The van der Waals surface area contributed by atoms with Gasteiger partial charge in [0.05, 0.1) is 6.04 Å². The Morgan fingerprint density at radius 3 is 2.00 bits per heavy atom. The lowest BCUT2D eigenvalue weighted by molar-refractivity contribution is 0.471. The van der Waals surface area contributed by atoms with E-state index in [9.17, 15) is 0 Å². The summed E-state index contributed by atoms with van der Waals surface area (Å²) in [5.41, 5.74) is 7.41. The van der Waals surface area contributed by atoms with Crippen molar-refractivity contribution in [2.45, 2.75) is 47.6 Å². The second kappa shape index (κ2) is 7.80. The highest BCUT2D eigenvalue weighted by Gasteiger charge is 2.19. The molecule has 2 aromatic carbocycles. The topological polar surface area (TPSA) is 24.1 Å². The summed E-state index contributed by atoms with van der Waals surface area (Å²) in [6, 6.07) is 13.1. The number of anilines is 1. The minimum atomic E-state index is 0.191. The summed E-state index contributed by atoms with van der Waals surface area (Å²) in [6.45, 7) is 12.9. The van der Waals surface area contributed by atoms with Crippen molar-refractivity contribution >= 4 is 23.0 Å². The highest BCUT2D eigenvalue weighted by atomic mass is 32.1. The van der Waals surface area contributed by atoms with Crippen LogP contribution in [0.25, 0.3) is 0 Å². The molecule has 0 saturated carbocycles. The highest BCUT2D eigenvalue weighted by molar-refractivity contribution is 7.80. The van der Waals surface area contributed by atoms with Gasteiger partial charge in [0, 0.05) is 5.69 Å². The highest BCUT2D eigenvalue weighted by Crippen LogP contribution is 2.26. The molecule has 0 aliphatic rings. The van der Waals surface area contributed by atoms with Gasteiger partial charge in [-0.1, -0.05) is 55.3 Å². The van der Waals surface area contributed by atoms with E-state index in [1.54, 1.807) is 0 Å². The lowest BCUT2D eigenvalue weighted by Gasteiger charge is -2.26. The first kappa shape index (κ1) is 18.5. The average molecular weight is 341 g/mol. The molecule has 1 atom stereocenters. The number of aryl methyl sites for hydroxylation is 4. The molecule has 2 N–H and O–H groups in total. The minimum Gasteiger partial charge on any atom is -0.355 e. The third kappa shape index (κ3) is 4.57. The van der Waals surface area contributed by atoms with Gasteiger partial charge in [0.15, 0.2) is 5.11 Å². The van der Waals surface area contributed by atoms with E-state index in [0.29, 0.717) is 11.0 Å². The van der Waals surface area contributed by atoms with Crippen molar-refractivity contribution in [3.63, 3.8) is 0 Å². The molecule has 24 heavy (non-hydrogen) atoms. The molecule has 0 heterocycles. The van der Waals surface area contributed by atoms with Crippen LogP contribution in [0.5, 0.6) is 0 Å². The number of benzene rings is 2. The number of thiocarbonyl (C=S) groups is 1. The fourth-order valence-corrected chi connectivity index (χ4v) is 3.27. The third-order valence-corrected chi connectivity index (χ3v) is 4.56. The van der Waals surface area contributed by atoms with Crippen molar-refractivity contribution in [2.24, 2.45) is 5.92 Å². The van der Waals surface area contributed by atoms with E-state index in [2.05, 4.69) is 88.6 Å². The Morgan fingerprint density at radius 2 is 1.46 bits per heavy atom. The van der Waals surface area contributed by atoms with E-state index in [-0.39, 0.29) is 6.04 Å². The quantitative estimate of drug-likeness (QED) is 0.708. The third-order valence-electron chi connectivity index (χ3n) is 4.34. The van der Waals surface area contributed by atoms with Gasteiger partial charge in [-0.15, -0.1) is 0 Å². The van der Waals surface area contributed by atoms with Crippen molar-refractivity contribution in [1.82, 2.24) is 5.32 Å². The van der Waals surface area contributed by atoms with Crippen LogP contribution in [0.3, 0.4) is 0 Å². The SMILES string of the molecule is Cc1ccc(NC(=S)NC(c2ccc(C)cc2C)C(C)C)c(C)c1. The van der Waals surface area contributed by atoms with Crippen molar-refractivity contribution in [3.8, 4) is 0 Å². The Kier molecular flexibility index (Phi) is 6.00. The summed E-state index contributed by atoms with van der Waals surface area (Å²) in [6.07, 6.45) is 0. The number of hydrogen-bond acceptors (Lipinski definition) is 1. The molecule has 3 heteroatoms. The van der Waals surface area contributed by atoms with Gasteiger partial charge in [0.25, 0.3) is 0 Å². The Hall–Kier alpha value is -1.87. The zero-order valence-corrected chi connectivity index (χ0v) is 16.3. The van der Waals surface area contributed by atoms with Crippen LogP contribution < -0.4 is 10.6 Å². The molecule has 0 saturated heterocycles. The second-order valence-electron chi connectivity index (χ2n) is 7.00. The molecule has 1 unspecified atom stereocenters. The predicted molar refractivity (Wildman–Crippen MR) is 109 cm³/mol. The minimum absolute atomic E-state index is 0.191. The van der Waals surface area contributed by atoms with E-state index < -0.39 is 0 Å². The molecule has 2 rings (SSSR count). The molecule has 0 radical (unpaired) electrons. The monoisotopic (exact) mass is 340 g/mol. The Balaban J connectivity index is 2.17. The summed E-state index contributed by atoms with van der Waals surface area (Å²) in [5.74, 6) is 0.435. The van der Waals surface area contributed by atoms with Crippen molar-refractivity contribution in [3.05, 3.63) is 64.2 Å². The lowest BCUT2D eigenvalue weighted by atomic mass is 9.92. The Bertz CT molecular complexity index is 735. The van der Waals surface area contributed by atoms with Crippen LogP contribution in [0, 0.1) is 33.6 Å². The summed E-state index contributed by atoms with van der Waals surface area (Å²) in [7, 11) is 0. The summed E-state index contributed by atoms with van der Waals surface area (Å²) < 4.78 is 0. The van der Waals surface area contributed by atoms with E-state index >= 15 is 0 Å². The molecule has 0 bridgehead atoms. The predicted octanol–water partition coefficient (Wildman–Crippen LogP) is 5.60. The van der Waals surface area contributed by atoms with Crippen LogP contribution in [0.4, 0.5) is 5.69 Å². The summed E-state index contributed by atoms with van der Waals surface area (Å²) in [4.78, 5) is 0. The molecule has 0 spiro atoms. The maximum atomic E-state index is 5.57. The largest absolute Gasteiger partial charge is 0.355 e. The molecule has 0 fully saturated rings. The van der Waals surface area contributed by atoms with Crippen molar-refractivity contribution < 1.29 is 0 Å². The molecule has 0 amide bonds. The molecule has 2 aromatic rings. The van der Waals surface area contributed by atoms with Gasteiger partial charge in [-0.2, -0.15) is 0 Å². The van der Waals surface area contributed by atoms with Gasteiger partial charge < -0.3 is 10.6 Å². The van der Waals surface area contributed by atoms with Crippen LogP contribution in [-0.2, 0) is 0 Å². The van der Waals surface area contributed by atoms with Crippen LogP contribution in [0.1, 0.15) is 47.7 Å². The van der Waals surface area contributed by atoms with Gasteiger partial charge in [-0.3, -0.25) is 0 Å². The van der Waals surface area contributed by atoms with E-state index in [1.165, 1.54) is 27.8 Å². The van der Waals surface area contributed by atoms with Gasteiger partial charge in [-0.25, -0.2) is 0 Å². The lowest BCUT2D eigenvalue weighted by Crippen LogP contribution is -2.35. The van der Waals surface area contributed by atoms with E-state index in [1.807, 2.05) is 0 Å². The zero-order chi connectivity index (χ0) is 17.9. The normalized spacial score (nSPS) is 12.1. The number of nitrogens with one attached hydrogen (secondary N) is 2. The van der Waals surface area contributed by atoms with Crippen molar-refractivity contribution in [1.29, 1.82) is 0 Å². The first-order valence-corrected chi connectivity index (χ1v) is 8.90. The van der Waals surface area contributed by atoms with Crippen LogP contribution >= 0.6 is 12.2 Å². The van der Waals surface area contributed by atoms with Crippen LogP contribution in [0.15, 0.2) is 36.4 Å². The first-order chi connectivity index (χ1) is 11.3. The first-order valence-electron chi connectivity index (χ1n) is 8.50. The standard InChI is InChI=1S/C21H28N2S/c1-13(2)20(18-9-7-14(3)11-16(18)5)23-21(24)22-19-10-8-15(4)12-17(19)6/h7-13,20H,1-6H3,(H2,22,23,24). The summed E-state index contributed by atoms with van der Waals surface area (Å²) >= 11 is 5.57. The maximum absolute atomic E-state index is 5.57. The molecular weight excluding hydrogens is 312 g/mol. The molecule has 0 aromatic heterocycles. The van der Waals surface area contributed by atoms with E-state index in [0.717, 1.165) is 5.69 Å². The Morgan fingerprint density at radius 1 is 0.875 bits per heavy atom. The average Bonchev–Trinajstić information content (AvgIpc) is 2.48. The summed E-state index contributed by atoms with van der Waals surface area (Å²) in [5, 5.41) is 7.51. The van der Waals surface area contributed by atoms with E-state index in [4.69, 9.17) is 12.2 Å². The zero-order valence-electron chi connectivity index (χ0n) is 15.5. The Labute approximate surface area is 151 Å². The maximum Gasteiger partial charge on any atom is 0.171 e. The van der Waals surface area contributed by atoms with Gasteiger partial charge in [-0.05, 0) is 68.6 Å². The molecule has 128 valence electrons. The molecule has 2 nitrogen and oxygen atoms in total. The second-order valence-corrected chi connectivity index (χ2v) is 7.41. The van der Waals surface area contributed by atoms with Crippen LogP contribution in [-0.4, -0.2) is 5.11 Å². The number of rotatable bonds is 4. The van der Waals surface area contributed by atoms with Crippen LogP contribution in [0.2, 0.25) is 0 Å². The van der Waals surface area contributed by atoms with Crippen molar-refractivity contribution in [2.75, 3.05) is 5.32 Å². The van der Waals surface area contributed by atoms with Gasteiger partial charge in [0.1, 0.15) is 0 Å².